The van der Waals surface area contributed by atoms with E-state index in [9.17, 15) is 9.18 Å². The van der Waals surface area contributed by atoms with Crippen LogP contribution in [0, 0.1) is 17.1 Å². The molecule has 1 amide bonds. The molecule has 19 heavy (non-hydrogen) atoms. The molecule has 0 atom stereocenters. The summed E-state index contributed by atoms with van der Waals surface area (Å²) < 4.78 is 13.6. The van der Waals surface area contributed by atoms with Crippen molar-refractivity contribution in [3.63, 3.8) is 0 Å². The van der Waals surface area contributed by atoms with Gasteiger partial charge in [0, 0.05) is 6.54 Å². The summed E-state index contributed by atoms with van der Waals surface area (Å²) in [4.78, 5) is 11.9. The molecule has 0 aliphatic heterocycles. The number of nitrogens with one attached hydrogen (secondary N) is 1. The molecule has 2 aromatic rings. The monoisotopic (exact) mass is 254 g/mol. The van der Waals surface area contributed by atoms with Gasteiger partial charge in [0.2, 0.25) is 0 Å². The fourth-order valence-electron chi connectivity index (χ4n) is 1.71. The highest BCUT2D eigenvalue weighted by Gasteiger charge is 2.16. The molecule has 3 nitrogen and oxygen atoms in total. The van der Waals surface area contributed by atoms with Crippen LogP contribution in [-0.2, 0) is 6.54 Å². The Kier molecular flexibility index (Phi) is 3.89. The van der Waals surface area contributed by atoms with Gasteiger partial charge in [0.25, 0.3) is 5.91 Å². The second-order valence-electron chi connectivity index (χ2n) is 3.94. The number of benzene rings is 2. The largest absolute Gasteiger partial charge is 0.348 e. The van der Waals surface area contributed by atoms with Crippen molar-refractivity contribution >= 4 is 5.91 Å². The maximum absolute atomic E-state index is 13.6. The van der Waals surface area contributed by atoms with Crippen molar-refractivity contribution in [2.24, 2.45) is 0 Å². The molecule has 0 spiro atoms. The number of amides is 1. The lowest BCUT2D eigenvalue weighted by Crippen LogP contribution is -2.24. The second-order valence-corrected chi connectivity index (χ2v) is 3.94. The summed E-state index contributed by atoms with van der Waals surface area (Å²) in [5.41, 5.74) is 0.734. The molecule has 2 aromatic carbocycles. The summed E-state index contributed by atoms with van der Waals surface area (Å²) in [7, 11) is 0. The minimum Gasteiger partial charge on any atom is -0.348 e. The van der Waals surface area contributed by atoms with Gasteiger partial charge >= 0.3 is 0 Å². The van der Waals surface area contributed by atoms with E-state index in [1.54, 1.807) is 0 Å². The lowest BCUT2D eigenvalue weighted by molar-refractivity contribution is 0.0946. The van der Waals surface area contributed by atoms with E-state index in [0.717, 1.165) is 11.6 Å². The number of rotatable bonds is 3. The van der Waals surface area contributed by atoms with Crippen molar-refractivity contribution in [2.75, 3.05) is 0 Å². The minimum atomic E-state index is -0.690. The van der Waals surface area contributed by atoms with Crippen molar-refractivity contribution in [3.8, 4) is 6.07 Å². The zero-order valence-corrected chi connectivity index (χ0v) is 10.1. The molecule has 0 fully saturated rings. The maximum atomic E-state index is 13.6. The van der Waals surface area contributed by atoms with Gasteiger partial charge in [-0.25, -0.2) is 4.39 Å². The van der Waals surface area contributed by atoms with Crippen LogP contribution in [0.1, 0.15) is 21.5 Å². The van der Waals surface area contributed by atoms with Gasteiger partial charge < -0.3 is 5.32 Å². The highest BCUT2D eigenvalue weighted by atomic mass is 19.1. The van der Waals surface area contributed by atoms with Crippen molar-refractivity contribution in [1.82, 2.24) is 5.32 Å². The Balaban J connectivity index is 2.15. The quantitative estimate of drug-likeness (QED) is 0.915. The van der Waals surface area contributed by atoms with Crippen LogP contribution in [0.4, 0.5) is 4.39 Å². The van der Waals surface area contributed by atoms with E-state index >= 15 is 0 Å². The molecule has 0 unspecified atom stereocenters. The number of carbonyl (C=O) groups excluding carboxylic acids is 1. The molecule has 4 heteroatoms. The molecule has 0 saturated heterocycles. The summed E-state index contributed by atoms with van der Waals surface area (Å²) in [6, 6.07) is 15.1. The van der Waals surface area contributed by atoms with Crippen LogP contribution < -0.4 is 5.32 Å². The van der Waals surface area contributed by atoms with Crippen molar-refractivity contribution < 1.29 is 9.18 Å². The van der Waals surface area contributed by atoms with Gasteiger partial charge in [-0.2, -0.15) is 5.26 Å². The molecule has 0 aromatic heterocycles. The first-order valence-corrected chi connectivity index (χ1v) is 5.73. The Morgan fingerprint density at radius 1 is 1.16 bits per heavy atom. The number of carbonyl (C=O) groups is 1. The Bertz CT molecular complexity index is 632. The molecule has 0 saturated carbocycles. The summed E-state index contributed by atoms with van der Waals surface area (Å²) in [5.74, 6) is -1.27. The van der Waals surface area contributed by atoms with Crippen LogP contribution >= 0.6 is 0 Å². The summed E-state index contributed by atoms with van der Waals surface area (Å²) in [6.45, 7) is 0.291. The fourth-order valence-corrected chi connectivity index (χ4v) is 1.71. The van der Waals surface area contributed by atoms with Gasteiger partial charge in [-0.15, -0.1) is 0 Å². The molecule has 0 heterocycles. The fraction of sp³-hybridized carbons (Fsp3) is 0.0667. The van der Waals surface area contributed by atoms with Crippen LogP contribution in [-0.4, -0.2) is 5.91 Å². The molecule has 1 N–H and O–H groups in total. The minimum absolute atomic E-state index is 0.0329. The van der Waals surface area contributed by atoms with Crippen molar-refractivity contribution in [2.45, 2.75) is 6.54 Å². The average Bonchev–Trinajstić information content (AvgIpc) is 2.45. The first-order valence-electron chi connectivity index (χ1n) is 5.73. The Labute approximate surface area is 110 Å². The topological polar surface area (TPSA) is 52.9 Å². The number of hydrogen-bond donors (Lipinski definition) is 1. The van der Waals surface area contributed by atoms with Crippen LogP contribution in [0.2, 0.25) is 0 Å². The normalized spacial score (nSPS) is 9.68. The Morgan fingerprint density at radius 3 is 2.58 bits per heavy atom. The van der Waals surface area contributed by atoms with Crippen molar-refractivity contribution in [1.29, 1.82) is 5.26 Å². The smallest absolute Gasteiger partial charge is 0.255 e. The molecular weight excluding hydrogens is 243 g/mol. The first kappa shape index (κ1) is 12.8. The lowest BCUT2D eigenvalue weighted by Gasteiger charge is -2.07. The lowest BCUT2D eigenvalue weighted by atomic mass is 10.1. The zero-order chi connectivity index (χ0) is 13.7. The number of halogens is 1. The third-order valence-corrected chi connectivity index (χ3v) is 2.66. The van der Waals surface area contributed by atoms with Gasteiger partial charge in [0.15, 0.2) is 0 Å². The molecule has 0 aliphatic rings. The Hall–Kier alpha value is -2.67. The highest BCUT2D eigenvalue weighted by Crippen LogP contribution is 2.12. The van der Waals surface area contributed by atoms with E-state index in [2.05, 4.69) is 5.32 Å². The van der Waals surface area contributed by atoms with Gasteiger partial charge in [-0.05, 0) is 17.7 Å². The second kappa shape index (κ2) is 5.78. The third kappa shape index (κ3) is 2.96. The molecular formula is C15H11FN2O. The molecule has 94 valence electrons. The summed E-state index contributed by atoms with van der Waals surface area (Å²) in [6.07, 6.45) is 0. The standard InChI is InChI=1S/C15H11FN2O/c16-13-8-4-7-12(9-17)14(13)15(19)18-10-11-5-2-1-3-6-11/h1-8H,10H2,(H,18,19). The van der Waals surface area contributed by atoms with Gasteiger partial charge in [0.05, 0.1) is 11.1 Å². The molecule has 0 bridgehead atoms. The molecule has 0 aliphatic carbocycles. The predicted octanol–water partition coefficient (Wildman–Crippen LogP) is 2.63. The van der Waals surface area contributed by atoms with E-state index in [1.807, 2.05) is 36.4 Å². The van der Waals surface area contributed by atoms with Crippen LogP contribution in [0.3, 0.4) is 0 Å². The first-order chi connectivity index (χ1) is 9.22. The average molecular weight is 254 g/mol. The van der Waals surface area contributed by atoms with E-state index in [1.165, 1.54) is 12.1 Å². The van der Waals surface area contributed by atoms with Gasteiger partial charge in [-0.3, -0.25) is 4.79 Å². The van der Waals surface area contributed by atoms with Crippen LogP contribution in [0.15, 0.2) is 48.5 Å². The zero-order valence-electron chi connectivity index (χ0n) is 10.1. The van der Waals surface area contributed by atoms with Gasteiger partial charge in [0.1, 0.15) is 11.9 Å². The predicted molar refractivity (Wildman–Crippen MR) is 68.7 cm³/mol. The van der Waals surface area contributed by atoms with E-state index in [-0.39, 0.29) is 11.1 Å². The molecule has 2 rings (SSSR count). The maximum Gasteiger partial charge on any atom is 0.255 e. The third-order valence-electron chi connectivity index (χ3n) is 2.66. The summed E-state index contributed by atoms with van der Waals surface area (Å²) >= 11 is 0. The van der Waals surface area contributed by atoms with E-state index in [4.69, 9.17) is 5.26 Å². The number of nitrogens with zero attached hydrogens (tertiary/aromatic N) is 1. The van der Waals surface area contributed by atoms with E-state index in [0.29, 0.717) is 6.54 Å². The van der Waals surface area contributed by atoms with Crippen LogP contribution in [0.5, 0.6) is 0 Å². The van der Waals surface area contributed by atoms with Crippen LogP contribution in [0.25, 0.3) is 0 Å². The number of nitriles is 1. The SMILES string of the molecule is N#Cc1cccc(F)c1C(=O)NCc1ccccc1. The number of hydrogen-bond acceptors (Lipinski definition) is 2. The molecule has 0 radical (unpaired) electrons. The van der Waals surface area contributed by atoms with Crippen molar-refractivity contribution in [3.05, 3.63) is 71.0 Å². The van der Waals surface area contributed by atoms with E-state index < -0.39 is 11.7 Å². The summed E-state index contributed by atoms with van der Waals surface area (Å²) in [5, 5.41) is 11.5. The Morgan fingerprint density at radius 2 is 1.89 bits per heavy atom. The van der Waals surface area contributed by atoms with Gasteiger partial charge in [-0.1, -0.05) is 36.4 Å². The highest BCUT2D eigenvalue weighted by molar-refractivity contribution is 5.96.